The highest BCUT2D eigenvalue weighted by molar-refractivity contribution is 5.84. The van der Waals surface area contributed by atoms with Crippen LogP contribution in [-0.2, 0) is 4.74 Å². The van der Waals surface area contributed by atoms with E-state index in [4.69, 9.17) is 9.73 Å². The third-order valence-corrected chi connectivity index (χ3v) is 5.44. The van der Waals surface area contributed by atoms with E-state index in [-0.39, 0.29) is 0 Å². The van der Waals surface area contributed by atoms with Crippen LogP contribution in [0.2, 0.25) is 0 Å². The summed E-state index contributed by atoms with van der Waals surface area (Å²) in [5.41, 5.74) is 5.98. The fourth-order valence-electron chi connectivity index (χ4n) is 4.58. The predicted octanol–water partition coefficient (Wildman–Crippen LogP) is 4.10. The molecular weight excluding hydrogens is 270 g/mol. The van der Waals surface area contributed by atoms with Crippen LogP contribution < -0.4 is 0 Å². The monoisotopic (exact) mass is 289 g/mol. The SMILES string of the molecule is CC1COC(C2CC3c4ccccc4C2c2ccccc23)=N1. The number of nitrogens with zero attached hydrogens (tertiary/aromatic N) is 1. The first-order valence-corrected chi connectivity index (χ1v) is 8.21. The number of hydrogen-bond acceptors (Lipinski definition) is 2. The third-order valence-electron chi connectivity index (χ3n) is 5.44. The molecule has 0 amide bonds. The Hall–Kier alpha value is -2.09. The van der Waals surface area contributed by atoms with Crippen molar-refractivity contribution in [1.82, 2.24) is 0 Å². The van der Waals surface area contributed by atoms with E-state index < -0.39 is 0 Å². The second-order valence-electron chi connectivity index (χ2n) is 6.76. The van der Waals surface area contributed by atoms with Crippen LogP contribution in [0.25, 0.3) is 0 Å². The maximum Gasteiger partial charge on any atom is 0.187 e. The van der Waals surface area contributed by atoms with Gasteiger partial charge in [-0.2, -0.15) is 0 Å². The maximum absolute atomic E-state index is 5.94. The summed E-state index contributed by atoms with van der Waals surface area (Å²) in [6.07, 6.45) is 1.13. The van der Waals surface area contributed by atoms with E-state index in [1.807, 2.05) is 0 Å². The van der Waals surface area contributed by atoms with Gasteiger partial charge in [0, 0.05) is 17.8 Å². The van der Waals surface area contributed by atoms with Crippen molar-refractivity contribution in [2.75, 3.05) is 6.61 Å². The topological polar surface area (TPSA) is 21.6 Å². The Morgan fingerprint density at radius 3 is 2.05 bits per heavy atom. The molecule has 0 radical (unpaired) electrons. The Kier molecular flexibility index (Phi) is 2.52. The average molecular weight is 289 g/mol. The van der Waals surface area contributed by atoms with E-state index in [1.54, 1.807) is 0 Å². The molecule has 2 bridgehead atoms. The predicted molar refractivity (Wildman–Crippen MR) is 87.5 cm³/mol. The number of benzene rings is 2. The van der Waals surface area contributed by atoms with Crippen LogP contribution in [0.1, 0.15) is 47.4 Å². The lowest BCUT2D eigenvalue weighted by atomic mass is 9.59. The van der Waals surface area contributed by atoms with Crippen LogP contribution in [0.3, 0.4) is 0 Å². The Bertz CT molecular complexity index is 731. The normalized spacial score (nSPS) is 31.2. The van der Waals surface area contributed by atoms with Gasteiger partial charge in [0.2, 0.25) is 0 Å². The molecule has 1 heterocycles. The fourth-order valence-corrected chi connectivity index (χ4v) is 4.58. The first-order valence-electron chi connectivity index (χ1n) is 8.21. The first kappa shape index (κ1) is 12.5. The van der Waals surface area contributed by atoms with E-state index in [1.165, 1.54) is 22.3 Å². The van der Waals surface area contributed by atoms with E-state index in [0.717, 1.165) is 18.9 Å². The molecule has 0 saturated heterocycles. The molecule has 0 saturated carbocycles. The lowest BCUT2D eigenvalue weighted by Gasteiger charge is -2.45. The molecule has 3 aliphatic carbocycles. The number of rotatable bonds is 1. The Labute approximate surface area is 130 Å². The van der Waals surface area contributed by atoms with Gasteiger partial charge in [0.25, 0.3) is 0 Å². The highest BCUT2D eigenvalue weighted by atomic mass is 16.5. The first-order chi connectivity index (χ1) is 10.8. The fraction of sp³-hybridized carbons (Fsp3) is 0.350. The van der Waals surface area contributed by atoms with Crippen LogP contribution in [-0.4, -0.2) is 18.5 Å². The smallest absolute Gasteiger partial charge is 0.187 e. The van der Waals surface area contributed by atoms with Crippen molar-refractivity contribution in [3.8, 4) is 0 Å². The van der Waals surface area contributed by atoms with Crippen molar-refractivity contribution in [2.24, 2.45) is 10.9 Å². The van der Waals surface area contributed by atoms with Crippen LogP contribution >= 0.6 is 0 Å². The summed E-state index contributed by atoms with van der Waals surface area (Å²) in [4.78, 5) is 4.77. The highest BCUT2D eigenvalue weighted by Crippen LogP contribution is 2.55. The van der Waals surface area contributed by atoms with E-state index >= 15 is 0 Å². The van der Waals surface area contributed by atoms with Crippen molar-refractivity contribution in [3.05, 3.63) is 70.8 Å². The van der Waals surface area contributed by atoms with Crippen molar-refractivity contribution >= 4 is 5.90 Å². The Morgan fingerprint density at radius 1 is 0.909 bits per heavy atom. The minimum Gasteiger partial charge on any atom is -0.478 e. The molecule has 1 aliphatic heterocycles. The van der Waals surface area contributed by atoms with Gasteiger partial charge in [0.1, 0.15) is 6.61 Å². The summed E-state index contributed by atoms with van der Waals surface area (Å²) >= 11 is 0. The molecule has 110 valence electrons. The summed E-state index contributed by atoms with van der Waals surface area (Å²) in [5, 5.41) is 0. The van der Waals surface area contributed by atoms with Crippen molar-refractivity contribution < 1.29 is 4.74 Å². The largest absolute Gasteiger partial charge is 0.478 e. The Balaban J connectivity index is 1.71. The molecule has 2 nitrogen and oxygen atoms in total. The standard InChI is InChI=1S/C20H19NO/c1-12-11-22-20(21-12)18-10-17-13-6-2-4-8-15(13)19(18)16-9-5-3-7-14(16)17/h2-9,12,17-19H,10-11H2,1H3. The van der Waals surface area contributed by atoms with E-state index in [2.05, 4.69) is 55.5 Å². The molecule has 2 atom stereocenters. The van der Waals surface area contributed by atoms with Gasteiger partial charge < -0.3 is 4.74 Å². The summed E-state index contributed by atoms with van der Waals surface area (Å²) in [5.74, 6) is 2.29. The second kappa shape index (κ2) is 4.45. The number of aliphatic imine (C=N–C) groups is 1. The van der Waals surface area contributed by atoms with Gasteiger partial charge in [0.15, 0.2) is 5.90 Å². The number of fused-ring (bicyclic) bond motifs is 1. The number of ether oxygens (including phenoxy) is 1. The second-order valence-corrected chi connectivity index (χ2v) is 6.76. The minimum atomic E-state index is 0.306. The summed E-state index contributed by atoms with van der Waals surface area (Å²) in [7, 11) is 0. The molecule has 2 aromatic rings. The lowest BCUT2D eigenvalue weighted by molar-refractivity contribution is 0.283. The molecule has 4 aliphatic rings. The lowest BCUT2D eigenvalue weighted by Crippen LogP contribution is -2.36. The zero-order valence-corrected chi connectivity index (χ0v) is 12.7. The van der Waals surface area contributed by atoms with Gasteiger partial charge in [-0.1, -0.05) is 48.5 Å². The quantitative estimate of drug-likeness (QED) is 0.774. The molecular formula is C20H19NO. The average Bonchev–Trinajstić information content (AvgIpc) is 3.01. The third kappa shape index (κ3) is 1.58. The summed E-state index contributed by atoms with van der Waals surface area (Å²) in [6, 6.07) is 18.2. The van der Waals surface area contributed by atoms with Gasteiger partial charge in [-0.05, 0) is 35.6 Å². The van der Waals surface area contributed by atoms with Gasteiger partial charge >= 0.3 is 0 Å². The van der Waals surface area contributed by atoms with Gasteiger partial charge in [0.05, 0.1) is 6.04 Å². The minimum absolute atomic E-state index is 0.306. The van der Waals surface area contributed by atoms with E-state index in [0.29, 0.717) is 23.8 Å². The molecule has 0 spiro atoms. The maximum atomic E-state index is 5.94. The van der Waals surface area contributed by atoms with Crippen LogP contribution in [0.5, 0.6) is 0 Å². The molecule has 2 unspecified atom stereocenters. The molecule has 0 N–H and O–H groups in total. The Morgan fingerprint density at radius 2 is 1.50 bits per heavy atom. The summed E-state index contributed by atoms with van der Waals surface area (Å²) < 4.78 is 5.94. The van der Waals surface area contributed by atoms with Crippen molar-refractivity contribution in [2.45, 2.75) is 31.2 Å². The van der Waals surface area contributed by atoms with E-state index in [9.17, 15) is 0 Å². The molecule has 22 heavy (non-hydrogen) atoms. The van der Waals surface area contributed by atoms with Gasteiger partial charge in [-0.15, -0.1) is 0 Å². The molecule has 0 aromatic heterocycles. The molecule has 6 rings (SSSR count). The van der Waals surface area contributed by atoms with Crippen molar-refractivity contribution in [3.63, 3.8) is 0 Å². The summed E-state index contributed by atoms with van der Waals surface area (Å²) in [6.45, 7) is 2.88. The molecule has 0 fully saturated rings. The molecule has 2 heteroatoms. The van der Waals surface area contributed by atoms with Crippen LogP contribution in [0.15, 0.2) is 53.5 Å². The number of hydrogen-bond donors (Lipinski definition) is 0. The van der Waals surface area contributed by atoms with Gasteiger partial charge in [-0.25, -0.2) is 4.99 Å². The highest BCUT2D eigenvalue weighted by Gasteiger charge is 2.46. The van der Waals surface area contributed by atoms with Crippen LogP contribution in [0, 0.1) is 5.92 Å². The molecule has 2 aromatic carbocycles. The van der Waals surface area contributed by atoms with Crippen molar-refractivity contribution in [1.29, 1.82) is 0 Å². The van der Waals surface area contributed by atoms with Crippen LogP contribution in [0.4, 0.5) is 0 Å². The zero-order valence-electron chi connectivity index (χ0n) is 12.7. The van der Waals surface area contributed by atoms with Gasteiger partial charge in [-0.3, -0.25) is 0 Å². The zero-order chi connectivity index (χ0) is 14.7.